The van der Waals surface area contributed by atoms with Crippen molar-refractivity contribution in [3.05, 3.63) is 28.7 Å². The van der Waals surface area contributed by atoms with Crippen molar-refractivity contribution in [3.8, 4) is 0 Å². The highest BCUT2D eigenvalue weighted by molar-refractivity contribution is 9.10. The first-order chi connectivity index (χ1) is 14.6. The fourth-order valence-corrected chi connectivity index (χ4v) is 9.37. The van der Waals surface area contributed by atoms with Crippen molar-refractivity contribution in [2.24, 2.45) is 23.0 Å². The monoisotopic (exact) mass is 509 g/mol. The molecule has 5 aliphatic rings. The maximum absolute atomic E-state index is 13.5. The number of nitrogens with one attached hydrogen (secondary N) is 2. The summed E-state index contributed by atoms with van der Waals surface area (Å²) in [4.78, 5) is 26.0. The maximum Gasteiger partial charge on any atom is 0.242 e. The molecule has 2 amide bonds. The van der Waals surface area contributed by atoms with Crippen molar-refractivity contribution in [3.63, 3.8) is 0 Å². The van der Waals surface area contributed by atoms with Crippen LogP contribution in [0.5, 0.6) is 0 Å². The lowest BCUT2D eigenvalue weighted by atomic mass is 9.46. The number of carbonyl (C=O) groups is 2. The predicted octanol–water partition coefficient (Wildman–Crippen LogP) is 2.59. The Morgan fingerprint density at radius 2 is 1.71 bits per heavy atom. The van der Waals surface area contributed by atoms with Crippen molar-refractivity contribution in [1.82, 2.24) is 10.0 Å². The second-order valence-electron chi connectivity index (χ2n) is 10.3. The molecule has 0 aliphatic heterocycles. The van der Waals surface area contributed by atoms with E-state index in [4.69, 9.17) is 5.73 Å². The van der Waals surface area contributed by atoms with E-state index < -0.39 is 26.5 Å². The number of amides is 2. The Hall–Kier alpha value is -1.45. The van der Waals surface area contributed by atoms with Gasteiger partial charge < -0.3 is 11.1 Å². The van der Waals surface area contributed by atoms with Crippen LogP contribution in [0.4, 0.5) is 0 Å². The van der Waals surface area contributed by atoms with Crippen LogP contribution in [0.3, 0.4) is 0 Å². The van der Waals surface area contributed by atoms with E-state index in [-0.39, 0.29) is 16.7 Å². The largest absolute Gasteiger partial charge is 0.369 e. The molecule has 5 saturated carbocycles. The fourth-order valence-electron chi connectivity index (χ4n) is 6.94. The van der Waals surface area contributed by atoms with E-state index >= 15 is 0 Å². The summed E-state index contributed by atoms with van der Waals surface area (Å²) in [6.07, 6.45) is 6.70. The van der Waals surface area contributed by atoms with Gasteiger partial charge in [0.05, 0.1) is 10.3 Å². The minimum atomic E-state index is -3.88. The van der Waals surface area contributed by atoms with E-state index in [0.29, 0.717) is 35.6 Å². The van der Waals surface area contributed by atoms with Crippen LogP contribution < -0.4 is 15.8 Å². The summed E-state index contributed by atoms with van der Waals surface area (Å²) in [7, 11) is -3.88. The number of benzene rings is 1. The topological polar surface area (TPSA) is 118 Å². The van der Waals surface area contributed by atoms with E-state index in [1.807, 2.05) is 0 Å². The zero-order valence-electron chi connectivity index (χ0n) is 17.3. The molecular formula is C22H28BrN3O4S. The van der Waals surface area contributed by atoms with Gasteiger partial charge in [0.1, 0.15) is 5.54 Å². The molecular weight excluding hydrogens is 482 g/mol. The third kappa shape index (κ3) is 3.43. The van der Waals surface area contributed by atoms with Crippen LogP contribution >= 0.6 is 15.9 Å². The van der Waals surface area contributed by atoms with Crippen molar-refractivity contribution in [2.75, 3.05) is 0 Å². The van der Waals surface area contributed by atoms with Gasteiger partial charge in [-0.2, -0.15) is 4.72 Å². The zero-order valence-corrected chi connectivity index (χ0v) is 19.7. The fraction of sp³-hybridized carbons (Fsp3) is 0.636. The van der Waals surface area contributed by atoms with Crippen LogP contribution in [0.25, 0.3) is 0 Å². The van der Waals surface area contributed by atoms with Crippen LogP contribution in [0.1, 0.15) is 57.8 Å². The van der Waals surface area contributed by atoms with Gasteiger partial charge in [0.25, 0.3) is 0 Å². The molecule has 0 radical (unpaired) electrons. The van der Waals surface area contributed by atoms with Gasteiger partial charge in [0.2, 0.25) is 21.8 Å². The number of carbonyl (C=O) groups excluding carboxylic acids is 2. The molecule has 2 atom stereocenters. The predicted molar refractivity (Wildman–Crippen MR) is 118 cm³/mol. The van der Waals surface area contributed by atoms with Gasteiger partial charge in [-0.15, -0.1) is 0 Å². The van der Waals surface area contributed by atoms with Crippen LogP contribution in [-0.2, 0) is 19.6 Å². The van der Waals surface area contributed by atoms with Crippen molar-refractivity contribution in [2.45, 2.75) is 73.8 Å². The summed E-state index contributed by atoms with van der Waals surface area (Å²) in [5.74, 6) is 0.260. The molecule has 7 nitrogen and oxygen atoms in total. The first kappa shape index (κ1) is 21.4. The van der Waals surface area contributed by atoms with Gasteiger partial charge in [0.15, 0.2) is 0 Å². The van der Waals surface area contributed by atoms with E-state index in [9.17, 15) is 18.0 Å². The molecule has 0 saturated heterocycles. The lowest BCUT2D eigenvalue weighted by Gasteiger charge is -2.61. The number of hydrogen-bond acceptors (Lipinski definition) is 4. The second kappa shape index (κ2) is 7.02. The summed E-state index contributed by atoms with van der Waals surface area (Å²) in [6.45, 7) is 0. The van der Waals surface area contributed by atoms with Gasteiger partial charge in [-0.25, -0.2) is 8.42 Å². The van der Waals surface area contributed by atoms with Crippen LogP contribution in [-0.4, -0.2) is 31.3 Å². The molecule has 31 heavy (non-hydrogen) atoms. The van der Waals surface area contributed by atoms with E-state index in [0.717, 1.165) is 38.5 Å². The van der Waals surface area contributed by atoms with Gasteiger partial charge in [-0.05, 0) is 97.7 Å². The Balaban J connectivity index is 1.39. The maximum atomic E-state index is 13.5. The number of sulfonamides is 1. The average Bonchev–Trinajstić information content (AvgIpc) is 2.63. The Labute approximate surface area is 191 Å². The molecule has 4 bridgehead atoms. The van der Waals surface area contributed by atoms with Crippen molar-refractivity contribution in [1.29, 1.82) is 0 Å². The molecule has 2 unspecified atom stereocenters. The molecule has 0 aromatic heterocycles. The number of rotatable bonds is 6. The summed E-state index contributed by atoms with van der Waals surface area (Å²) < 4.78 is 29.4. The minimum absolute atomic E-state index is 0.122. The number of halogens is 1. The lowest BCUT2D eigenvalue weighted by Crippen LogP contribution is -2.70. The molecule has 5 aliphatic carbocycles. The molecule has 4 N–H and O–H groups in total. The lowest BCUT2D eigenvalue weighted by molar-refractivity contribution is -0.152. The average molecular weight is 510 g/mol. The first-order valence-electron chi connectivity index (χ1n) is 11.0. The Bertz CT molecular complexity index is 1040. The highest BCUT2D eigenvalue weighted by Crippen LogP contribution is 2.61. The highest BCUT2D eigenvalue weighted by atomic mass is 79.9. The first-order valence-corrected chi connectivity index (χ1v) is 13.3. The molecule has 1 aromatic carbocycles. The van der Waals surface area contributed by atoms with Gasteiger partial charge in [-0.3, -0.25) is 9.59 Å². The van der Waals surface area contributed by atoms with E-state index in [1.54, 1.807) is 18.2 Å². The number of nitrogens with two attached hydrogens (primary N) is 1. The standard InChI is InChI=1S/C22H28BrN3O4S/c23-16-4-1-2-5-17(16)31(29,30)26-22(6-3-7-22)19(28)25-21-11-14-8-15(12-21)10-20(9-14,13-21)18(24)27/h1-2,4-5,14-15,26H,3,6-13H2,(H2,24,27)(H,25,28). The second-order valence-corrected chi connectivity index (χ2v) is 12.8. The van der Waals surface area contributed by atoms with E-state index in [2.05, 4.69) is 26.0 Å². The zero-order chi connectivity index (χ0) is 22.1. The Morgan fingerprint density at radius 1 is 1.06 bits per heavy atom. The molecule has 9 heteroatoms. The summed E-state index contributed by atoms with van der Waals surface area (Å²) in [6, 6.07) is 6.59. The third-order valence-corrected chi connectivity index (χ3v) is 10.6. The van der Waals surface area contributed by atoms with Crippen molar-refractivity contribution >= 4 is 37.8 Å². The van der Waals surface area contributed by atoms with Crippen molar-refractivity contribution < 1.29 is 18.0 Å². The van der Waals surface area contributed by atoms with E-state index in [1.165, 1.54) is 6.07 Å². The SMILES string of the molecule is NC(=O)C12CC3CC(CC(NC(=O)C4(NS(=O)(=O)c5ccccc5Br)CCC4)(C3)C1)C2. The molecule has 5 fully saturated rings. The molecule has 168 valence electrons. The molecule has 1 aromatic rings. The van der Waals surface area contributed by atoms with Gasteiger partial charge in [-0.1, -0.05) is 12.1 Å². The molecule has 6 rings (SSSR count). The molecule has 0 spiro atoms. The summed E-state index contributed by atoms with van der Waals surface area (Å²) in [5.41, 5.74) is 3.69. The van der Waals surface area contributed by atoms with Gasteiger partial charge >= 0.3 is 0 Å². The van der Waals surface area contributed by atoms with Crippen LogP contribution in [0.2, 0.25) is 0 Å². The van der Waals surface area contributed by atoms with Crippen LogP contribution in [0, 0.1) is 17.3 Å². The number of hydrogen-bond donors (Lipinski definition) is 3. The Morgan fingerprint density at radius 3 is 2.26 bits per heavy atom. The molecule has 0 heterocycles. The highest BCUT2D eigenvalue weighted by Gasteiger charge is 2.61. The summed E-state index contributed by atoms with van der Waals surface area (Å²) >= 11 is 3.30. The number of primary amides is 1. The smallest absolute Gasteiger partial charge is 0.242 e. The third-order valence-electron chi connectivity index (χ3n) is 8.06. The Kier molecular flexibility index (Phi) is 4.85. The van der Waals surface area contributed by atoms with Crippen LogP contribution in [0.15, 0.2) is 33.6 Å². The quantitative estimate of drug-likeness (QED) is 0.545. The minimum Gasteiger partial charge on any atom is -0.369 e. The normalized spacial score (nSPS) is 35.4. The van der Waals surface area contributed by atoms with Gasteiger partial charge in [0, 0.05) is 10.0 Å². The summed E-state index contributed by atoms with van der Waals surface area (Å²) in [5, 5.41) is 3.25.